The van der Waals surface area contributed by atoms with E-state index in [-0.39, 0.29) is 11.7 Å². The van der Waals surface area contributed by atoms with E-state index < -0.39 is 5.56 Å². The molecule has 0 saturated heterocycles. The van der Waals surface area contributed by atoms with Crippen LogP contribution < -0.4 is 5.56 Å². The smallest absolute Gasteiger partial charge is 0.293 e. The van der Waals surface area contributed by atoms with Crippen LogP contribution in [0.25, 0.3) is 0 Å². The van der Waals surface area contributed by atoms with Crippen LogP contribution in [0.3, 0.4) is 0 Å². The molecule has 4 nitrogen and oxygen atoms in total. The highest BCUT2D eigenvalue weighted by Gasteiger charge is 2.14. The lowest BCUT2D eigenvalue weighted by Crippen LogP contribution is -2.15. The molecule has 0 saturated carbocycles. The number of aromatic nitrogens is 2. The minimum Gasteiger partial charge on any atom is -0.502 e. The van der Waals surface area contributed by atoms with Crippen molar-refractivity contribution in [3.8, 4) is 5.75 Å². The molecule has 1 aliphatic rings. The molecular formula is C14H16N2O2. The van der Waals surface area contributed by atoms with Crippen molar-refractivity contribution in [2.24, 2.45) is 0 Å². The third kappa shape index (κ3) is 2.42. The van der Waals surface area contributed by atoms with Gasteiger partial charge in [0.2, 0.25) is 5.75 Å². The quantitative estimate of drug-likeness (QED) is 0.839. The molecule has 0 radical (unpaired) electrons. The fourth-order valence-electron chi connectivity index (χ4n) is 1.88. The third-order valence-electron chi connectivity index (χ3n) is 3.02. The summed E-state index contributed by atoms with van der Waals surface area (Å²) >= 11 is 0. The molecule has 18 heavy (non-hydrogen) atoms. The predicted molar refractivity (Wildman–Crippen MR) is 70.7 cm³/mol. The van der Waals surface area contributed by atoms with E-state index in [0.717, 1.165) is 12.0 Å². The summed E-state index contributed by atoms with van der Waals surface area (Å²) in [6.07, 6.45) is 11.0. The van der Waals surface area contributed by atoms with Gasteiger partial charge in [-0.05, 0) is 18.9 Å². The van der Waals surface area contributed by atoms with Crippen molar-refractivity contribution in [2.75, 3.05) is 0 Å². The van der Waals surface area contributed by atoms with Gasteiger partial charge in [-0.1, -0.05) is 37.3 Å². The highest BCUT2D eigenvalue weighted by molar-refractivity contribution is 5.34. The topological polar surface area (TPSA) is 66.0 Å². The lowest BCUT2D eigenvalue weighted by Gasteiger charge is -2.12. The van der Waals surface area contributed by atoms with Gasteiger partial charge in [-0.25, -0.2) is 4.98 Å². The minimum absolute atomic E-state index is 0.00634. The maximum Gasteiger partial charge on any atom is 0.293 e. The van der Waals surface area contributed by atoms with Gasteiger partial charge in [0.05, 0.1) is 5.69 Å². The Morgan fingerprint density at radius 1 is 1.44 bits per heavy atom. The fraction of sp³-hybridized carbons (Fsp3) is 0.286. The summed E-state index contributed by atoms with van der Waals surface area (Å²) in [4.78, 5) is 18.4. The Morgan fingerprint density at radius 2 is 2.22 bits per heavy atom. The van der Waals surface area contributed by atoms with Gasteiger partial charge in [-0.15, -0.1) is 0 Å². The zero-order valence-electron chi connectivity index (χ0n) is 10.5. The lowest BCUT2D eigenvalue weighted by molar-refractivity contribution is 0.455. The maximum atomic E-state index is 11.5. The molecule has 2 rings (SSSR count). The predicted octanol–water partition coefficient (Wildman–Crippen LogP) is 2.33. The number of H-pyrrole nitrogens is 1. The molecule has 0 aromatic carbocycles. The molecule has 1 aromatic rings. The van der Waals surface area contributed by atoms with Crippen molar-refractivity contribution in [2.45, 2.75) is 26.2 Å². The summed E-state index contributed by atoms with van der Waals surface area (Å²) in [5, 5.41) is 9.42. The second-order valence-electron chi connectivity index (χ2n) is 4.33. The molecule has 1 unspecified atom stereocenters. The Hall–Kier alpha value is -2.10. The zero-order valence-corrected chi connectivity index (χ0v) is 10.5. The van der Waals surface area contributed by atoms with Gasteiger partial charge in [-0.2, -0.15) is 0 Å². The fourth-order valence-corrected chi connectivity index (χ4v) is 1.88. The Balaban J connectivity index is 2.37. The monoisotopic (exact) mass is 244 g/mol. The van der Waals surface area contributed by atoms with Crippen LogP contribution in [0.15, 0.2) is 40.7 Å². The standard InChI is InChI=1S/C14H16N2O2/c1-9(11-7-5-3-4-6-8-11)13-15-10(2)12(17)14(18)16-13/h3-5,7-9,17H,6H2,1-2H3,(H,15,16,18). The molecule has 0 fully saturated rings. The van der Waals surface area contributed by atoms with Gasteiger partial charge >= 0.3 is 0 Å². The van der Waals surface area contributed by atoms with Crippen molar-refractivity contribution in [3.63, 3.8) is 0 Å². The van der Waals surface area contributed by atoms with Crippen LogP contribution in [0.4, 0.5) is 0 Å². The van der Waals surface area contributed by atoms with Crippen LogP contribution >= 0.6 is 0 Å². The molecule has 2 N–H and O–H groups in total. The third-order valence-corrected chi connectivity index (χ3v) is 3.02. The van der Waals surface area contributed by atoms with E-state index in [1.807, 2.05) is 25.2 Å². The normalized spacial score (nSPS) is 16.2. The van der Waals surface area contributed by atoms with E-state index in [9.17, 15) is 9.90 Å². The first-order valence-electron chi connectivity index (χ1n) is 5.92. The molecule has 1 heterocycles. The summed E-state index contributed by atoms with van der Waals surface area (Å²) in [5.74, 6) is 0.263. The summed E-state index contributed by atoms with van der Waals surface area (Å²) in [5.41, 5.74) is 0.978. The summed E-state index contributed by atoms with van der Waals surface area (Å²) in [7, 11) is 0. The van der Waals surface area contributed by atoms with Crippen molar-refractivity contribution in [1.82, 2.24) is 9.97 Å². The molecule has 1 aliphatic carbocycles. The number of aryl methyl sites for hydroxylation is 1. The number of allylic oxidation sites excluding steroid dienone is 6. The van der Waals surface area contributed by atoms with Crippen molar-refractivity contribution < 1.29 is 5.11 Å². The van der Waals surface area contributed by atoms with Gasteiger partial charge in [0.15, 0.2) is 0 Å². The number of hydrogen-bond donors (Lipinski definition) is 2. The first-order chi connectivity index (χ1) is 8.59. The maximum absolute atomic E-state index is 11.5. The molecule has 1 aromatic heterocycles. The van der Waals surface area contributed by atoms with E-state index >= 15 is 0 Å². The summed E-state index contributed by atoms with van der Waals surface area (Å²) in [6, 6.07) is 0. The first-order valence-corrected chi connectivity index (χ1v) is 5.92. The van der Waals surface area contributed by atoms with Crippen molar-refractivity contribution >= 4 is 0 Å². The van der Waals surface area contributed by atoms with Gasteiger partial charge in [0, 0.05) is 5.92 Å². The number of nitrogens with one attached hydrogen (secondary N) is 1. The van der Waals surface area contributed by atoms with Crippen molar-refractivity contribution in [3.05, 3.63) is 57.8 Å². The molecule has 4 heteroatoms. The largest absolute Gasteiger partial charge is 0.502 e. The number of hydrogen-bond acceptors (Lipinski definition) is 3. The number of nitrogens with zero attached hydrogens (tertiary/aromatic N) is 1. The van der Waals surface area contributed by atoms with E-state index in [1.165, 1.54) is 0 Å². The molecule has 0 spiro atoms. The van der Waals surface area contributed by atoms with Crippen LogP contribution in [0.2, 0.25) is 0 Å². The lowest BCUT2D eigenvalue weighted by atomic mass is 9.99. The number of aromatic amines is 1. The second-order valence-corrected chi connectivity index (χ2v) is 4.33. The van der Waals surface area contributed by atoms with Gasteiger partial charge in [0.25, 0.3) is 5.56 Å². The van der Waals surface area contributed by atoms with Crippen LogP contribution in [-0.4, -0.2) is 15.1 Å². The highest BCUT2D eigenvalue weighted by atomic mass is 16.3. The number of rotatable bonds is 2. The SMILES string of the molecule is Cc1nc(C(C)C2=CCC=CC=C2)[nH]c(=O)c1O. The molecular weight excluding hydrogens is 228 g/mol. The average molecular weight is 244 g/mol. The van der Waals surface area contributed by atoms with Gasteiger partial charge in [0.1, 0.15) is 5.82 Å². The van der Waals surface area contributed by atoms with E-state index in [2.05, 4.69) is 22.1 Å². The number of aromatic hydroxyl groups is 1. The Kier molecular flexibility index (Phi) is 3.46. The first kappa shape index (κ1) is 12.4. The minimum atomic E-state index is -0.485. The van der Waals surface area contributed by atoms with Crippen LogP contribution in [0.1, 0.15) is 30.8 Å². The Bertz CT molecular complexity index is 594. The van der Waals surface area contributed by atoms with Gasteiger partial charge < -0.3 is 10.1 Å². The zero-order chi connectivity index (χ0) is 13.1. The molecule has 1 atom stereocenters. The molecule has 94 valence electrons. The van der Waals surface area contributed by atoms with Gasteiger partial charge in [-0.3, -0.25) is 4.79 Å². The Labute approximate surface area is 105 Å². The van der Waals surface area contributed by atoms with Crippen molar-refractivity contribution in [1.29, 1.82) is 0 Å². The summed E-state index contributed by atoms with van der Waals surface area (Å²) in [6.45, 7) is 3.61. The second kappa shape index (κ2) is 5.04. The highest BCUT2D eigenvalue weighted by Crippen LogP contribution is 2.24. The molecule has 0 aliphatic heterocycles. The van der Waals surface area contributed by atoms with E-state index in [4.69, 9.17) is 0 Å². The van der Waals surface area contributed by atoms with E-state index in [0.29, 0.717) is 11.5 Å². The molecule has 0 amide bonds. The van der Waals surface area contributed by atoms with Crippen LogP contribution in [-0.2, 0) is 0 Å². The Morgan fingerprint density at radius 3 is 2.94 bits per heavy atom. The summed E-state index contributed by atoms with van der Waals surface area (Å²) < 4.78 is 0. The molecule has 0 bridgehead atoms. The average Bonchev–Trinajstić information content (AvgIpc) is 2.63. The van der Waals surface area contributed by atoms with Crippen LogP contribution in [0, 0.1) is 6.92 Å². The van der Waals surface area contributed by atoms with Crippen LogP contribution in [0.5, 0.6) is 5.75 Å². The van der Waals surface area contributed by atoms with E-state index in [1.54, 1.807) is 6.92 Å².